The van der Waals surface area contributed by atoms with Gasteiger partial charge >= 0.3 is 0 Å². The van der Waals surface area contributed by atoms with Crippen LogP contribution in [0.25, 0.3) is 0 Å². The number of hydrogen-bond acceptors (Lipinski definition) is 5. The second-order valence-electron chi connectivity index (χ2n) is 3.63. The van der Waals surface area contributed by atoms with Crippen LogP contribution < -0.4 is 15.4 Å². The predicted octanol–water partition coefficient (Wildman–Crippen LogP) is 1.06. The first-order valence-corrected chi connectivity index (χ1v) is 5.19. The summed E-state index contributed by atoms with van der Waals surface area (Å²) in [4.78, 5) is 10.4. The number of ether oxygens (including phenoxy) is 1. The molecule has 5 heteroatoms. The van der Waals surface area contributed by atoms with Crippen LogP contribution in [-0.4, -0.2) is 29.7 Å². The zero-order valence-corrected chi connectivity index (χ0v) is 9.10. The van der Waals surface area contributed by atoms with Crippen LogP contribution in [-0.2, 0) is 0 Å². The monoisotopic (exact) mass is 208 g/mol. The molecule has 0 radical (unpaired) electrons. The van der Waals surface area contributed by atoms with Crippen LogP contribution in [0.15, 0.2) is 6.33 Å². The van der Waals surface area contributed by atoms with Crippen LogP contribution in [0.3, 0.4) is 0 Å². The Bertz CT molecular complexity index is 351. The summed E-state index contributed by atoms with van der Waals surface area (Å²) >= 11 is 0. The van der Waals surface area contributed by atoms with Crippen LogP contribution >= 0.6 is 0 Å². The fourth-order valence-electron chi connectivity index (χ4n) is 1.75. The molecule has 15 heavy (non-hydrogen) atoms. The third kappa shape index (κ3) is 1.82. The molecular formula is C10H16N4O. The minimum atomic E-state index is 0.404. The van der Waals surface area contributed by atoms with Crippen LogP contribution in [0.5, 0.6) is 5.75 Å². The zero-order valence-electron chi connectivity index (χ0n) is 9.10. The molecule has 82 valence electrons. The molecule has 0 unspecified atom stereocenters. The molecule has 1 aromatic rings. The van der Waals surface area contributed by atoms with Crippen molar-refractivity contribution in [3.8, 4) is 5.75 Å². The molecule has 2 rings (SSSR count). The van der Waals surface area contributed by atoms with Gasteiger partial charge in [0.2, 0.25) is 5.75 Å². The number of hydrogen-bond donors (Lipinski definition) is 1. The maximum absolute atomic E-state index is 5.74. The third-order valence-corrected chi connectivity index (χ3v) is 2.62. The summed E-state index contributed by atoms with van der Waals surface area (Å²) in [5.41, 5.74) is 5.74. The van der Waals surface area contributed by atoms with Gasteiger partial charge in [-0.2, -0.15) is 0 Å². The molecule has 1 fully saturated rings. The molecule has 0 atom stereocenters. The van der Waals surface area contributed by atoms with Gasteiger partial charge in [0.05, 0.1) is 7.11 Å². The van der Waals surface area contributed by atoms with E-state index in [4.69, 9.17) is 10.5 Å². The van der Waals surface area contributed by atoms with Crippen LogP contribution in [0.2, 0.25) is 0 Å². The average molecular weight is 208 g/mol. The van der Waals surface area contributed by atoms with Gasteiger partial charge in [-0.3, -0.25) is 0 Å². The second kappa shape index (κ2) is 3.92. The van der Waals surface area contributed by atoms with E-state index < -0.39 is 0 Å². The maximum atomic E-state index is 5.74. The molecule has 0 bridgehead atoms. The van der Waals surface area contributed by atoms with Crippen molar-refractivity contribution in [1.82, 2.24) is 9.97 Å². The molecule has 5 nitrogen and oxygen atoms in total. The van der Waals surface area contributed by atoms with Crippen molar-refractivity contribution in [2.45, 2.75) is 25.8 Å². The number of nitrogens with zero attached hydrogens (tertiary/aromatic N) is 3. The van der Waals surface area contributed by atoms with Crippen molar-refractivity contribution < 1.29 is 4.74 Å². The highest BCUT2D eigenvalue weighted by Crippen LogP contribution is 2.36. The summed E-state index contributed by atoms with van der Waals surface area (Å²) in [5, 5.41) is 0. The van der Waals surface area contributed by atoms with E-state index in [-0.39, 0.29) is 0 Å². The molecular weight excluding hydrogens is 192 g/mol. The van der Waals surface area contributed by atoms with E-state index in [0.717, 1.165) is 12.4 Å². The standard InChI is InChI=1S/C10H16N4O/c1-3-14(7-4-5-7)10-8(15-2)9(11)12-6-13-10/h6-7H,3-5H2,1-2H3,(H2,11,12,13). The second-order valence-corrected chi connectivity index (χ2v) is 3.63. The summed E-state index contributed by atoms with van der Waals surface area (Å²) in [6.07, 6.45) is 3.93. The van der Waals surface area contributed by atoms with Crippen molar-refractivity contribution in [3.63, 3.8) is 0 Å². The summed E-state index contributed by atoms with van der Waals surface area (Å²) in [6, 6.07) is 0.596. The lowest BCUT2D eigenvalue weighted by molar-refractivity contribution is 0.412. The van der Waals surface area contributed by atoms with Crippen molar-refractivity contribution in [1.29, 1.82) is 0 Å². The van der Waals surface area contributed by atoms with Crippen molar-refractivity contribution in [2.75, 3.05) is 24.3 Å². The van der Waals surface area contributed by atoms with Gasteiger partial charge in [0.1, 0.15) is 6.33 Å². The number of methoxy groups -OCH3 is 1. The van der Waals surface area contributed by atoms with Crippen LogP contribution in [0, 0.1) is 0 Å². The largest absolute Gasteiger partial charge is 0.490 e. The molecule has 0 saturated heterocycles. The van der Waals surface area contributed by atoms with Gasteiger partial charge in [0, 0.05) is 12.6 Å². The van der Waals surface area contributed by atoms with E-state index in [1.807, 2.05) is 0 Å². The smallest absolute Gasteiger partial charge is 0.204 e. The van der Waals surface area contributed by atoms with E-state index in [1.165, 1.54) is 19.2 Å². The molecule has 0 aliphatic heterocycles. The summed E-state index contributed by atoms with van der Waals surface area (Å²) in [7, 11) is 1.60. The first-order chi connectivity index (χ1) is 7.27. The molecule has 0 aromatic carbocycles. The Morgan fingerprint density at radius 1 is 1.53 bits per heavy atom. The molecule has 1 heterocycles. The van der Waals surface area contributed by atoms with Gasteiger partial charge in [0.15, 0.2) is 11.6 Å². The van der Waals surface area contributed by atoms with Crippen LogP contribution in [0.1, 0.15) is 19.8 Å². The Morgan fingerprint density at radius 3 is 2.80 bits per heavy atom. The third-order valence-electron chi connectivity index (χ3n) is 2.62. The minimum absolute atomic E-state index is 0.404. The SMILES string of the molecule is CCN(c1ncnc(N)c1OC)C1CC1. The van der Waals surface area contributed by atoms with Gasteiger partial charge in [-0.1, -0.05) is 0 Å². The van der Waals surface area contributed by atoms with Crippen molar-refractivity contribution in [2.24, 2.45) is 0 Å². The molecule has 2 N–H and O–H groups in total. The number of anilines is 2. The molecule has 1 aliphatic rings. The molecule has 1 aliphatic carbocycles. The van der Waals surface area contributed by atoms with Crippen LogP contribution in [0.4, 0.5) is 11.6 Å². The lowest BCUT2D eigenvalue weighted by Gasteiger charge is -2.23. The Labute approximate surface area is 89.3 Å². The quantitative estimate of drug-likeness (QED) is 0.801. The lowest BCUT2D eigenvalue weighted by Crippen LogP contribution is -2.26. The van der Waals surface area contributed by atoms with Crippen molar-refractivity contribution >= 4 is 11.6 Å². The molecule has 0 amide bonds. The Hall–Kier alpha value is -1.52. The zero-order chi connectivity index (χ0) is 10.8. The van der Waals surface area contributed by atoms with Crippen molar-refractivity contribution in [3.05, 3.63) is 6.33 Å². The normalized spacial score (nSPS) is 15.1. The van der Waals surface area contributed by atoms with Gasteiger partial charge in [-0.15, -0.1) is 0 Å². The van der Waals surface area contributed by atoms with Gasteiger partial charge in [-0.25, -0.2) is 9.97 Å². The fourth-order valence-corrected chi connectivity index (χ4v) is 1.75. The van der Waals surface area contributed by atoms with E-state index in [9.17, 15) is 0 Å². The van der Waals surface area contributed by atoms with E-state index >= 15 is 0 Å². The summed E-state index contributed by atoms with van der Waals surface area (Å²) in [6.45, 7) is 3.02. The predicted molar refractivity (Wildman–Crippen MR) is 59.0 cm³/mol. The van der Waals surface area contributed by atoms with Gasteiger partial charge in [-0.05, 0) is 19.8 Å². The minimum Gasteiger partial charge on any atom is -0.490 e. The summed E-state index contributed by atoms with van der Waals surface area (Å²) in [5.74, 6) is 1.81. The Kier molecular flexibility index (Phi) is 2.62. The number of nitrogen functional groups attached to an aromatic ring is 1. The van der Waals surface area contributed by atoms with E-state index in [2.05, 4.69) is 21.8 Å². The summed E-state index contributed by atoms with van der Waals surface area (Å²) < 4.78 is 5.25. The number of nitrogens with two attached hydrogens (primary N) is 1. The highest BCUT2D eigenvalue weighted by Gasteiger charge is 2.31. The topological polar surface area (TPSA) is 64.3 Å². The highest BCUT2D eigenvalue weighted by atomic mass is 16.5. The molecule has 1 saturated carbocycles. The first kappa shape index (κ1) is 10.0. The first-order valence-electron chi connectivity index (χ1n) is 5.19. The highest BCUT2D eigenvalue weighted by molar-refractivity contribution is 5.63. The van der Waals surface area contributed by atoms with Gasteiger partial charge < -0.3 is 15.4 Å². The van der Waals surface area contributed by atoms with E-state index in [1.54, 1.807) is 7.11 Å². The van der Waals surface area contributed by atoms with E-state index in [0.29, 0.717) is 17.6 Å². The maximum Gasteiger partial charge on any atom is 0.204 e. The Morgan fingerprint density at radius 2 is 2.27 bits per heavy atom. The number of rotatable bonds is 4. The average Bonchev–Trinajstić information content (AvgIpc) is 3.04. The molecule has 0 spiro atoms. The molecule has 1 aromatic heterocycles. The van der Waals surface area contributed by atoms with Gasteiger partial charge in [0.25, 0.3) is 0 Å². The Balaban J connectivity index is 2.36. The fraction of sp³-hybridized carbons (Fsp3) is 0.600. The number of aromatic nitrogens is 2. The lowest BCUT2D eigenvalue weighted by atomic mass is 10.4.